The van der Waals surface area contributed by atoms with Crippen molar-refractivity contribution in [1.29, 1.82) is 0 Å². The van der Waals surface area contributed by atoms with Crippen LogP contribution in [0.4, 0.5) is 0 Å². The number of halogens is 2. The molecule has 0 spiro atoms. The Balaban J connectivity index is 2.34. The molecule has 100 valence electrons. The fourth-order valence-electron chi connectivity index (χ4n) is 2.02. The van der Waals surface area contributed by atoms with Crippen LogP contribution in [-0.2, 0) is 6.42 Å². The van der Waals surface area contributed by atoms with Gasteiger partial charge in [0, 0.05) is 4.47 Å². The van der Waals surface area contributed by atoms with E-state index in [2.05, 4.69) is 52.5 Å². The highest BCUT2D eigenvalue weighted by Crippen LogP contribution is 2.28. The first-order chi connectivity index (χ1) is 9.15. The maximum absolute atomic E-state index is 6.02. The minimum absolute atomic E-state index is 0.0422. The molecule has 0 radical (unpaired) electrons. The molecule has 0 fully saturated rings. The van der Waals surface area contributed by atoms with Crippen molar-refractivity contribution in [2.45, 2.75) is 19.4 Å². The predicted octanol–water partition coefficient (Wildman–Crippen LogP) is 4.22. The fourth-order valence-corrected chi connectivity index (χ4v) is 2.54. The first-order valence-electron chi connectivity index (χ1n) is 6.15. The van der Waals surface area contributed by atoms with Crippen molar-refractivity contribution in [2.75, 3.05) is 0 Å². The van der Waals surface area contributed by atoms with Crippen molar-refractivity contribution in [2.24, 2.45) is 5.84 Å². The summed E-state index contributed by atoms with van der Waals surface area (Å²) < 4.78 is 0.872. The van der Waals surface area contributed by atoms with Gasteiger partial charge in [0.15, 0.2) is 0 Å². The second kappa shape index (κ2) is 6.53. The Morgan fingerprint density at radius 2 is 1.79 bits per heavy atom. The lowest BCUT2D eigenvalue weighted by Gasteiger charge is -2.18. The van der Waals surface area contributed by atoms with Crippen molar-refractivity contribution in [3.63, 3.8) is 0 Å². The molecule has 0 bridgehead atoms. The number of aryl methyl sites for hydroxylation is 1. The number of nitrogens with one attached hydrogen (secondary N) is 1. The van der Waals surface area contributed by atoms with Crippen LogP contribution in [0.15, 0.2) is 46.9 Å². The van der Waals surface area contributed by atoms with Gasteiger partial charge in [-0.05, 0) is 51.2 Å². The van der Waals surface area contributed by atoms with Gasteiger partial charge in [0.2, 0.25) is 0 Å². The van der Waals surface area contributed by atoms with E-state index in [1.807, 2.05) is 18.2 Å². The zero-order valence-electron chi connectivity index (χ0n) is 10.7. The maximum atomic E-state index is 6.02. The highest BCUT2D eigenvalue weighted by molar-refractivity contribution is 9.10. The third-order valence-electron chi connectivity index (χ3n) is 3.16. The fraction of sp³-hybridized carbons (Fsp3) is 0.200. The Morgan fingerprint density at radius 3 is 2.32 bits per heavy atom. The van der Waals surface area contributed by atoms with Crippen LogP contribution >= 0.6 is 27.5 Å². The van der Waals surface area contributed by atoms with Crippen molar-refractivity contribution < 1.29 is 0 Å². The maximum Gasteiger partial charge on any atom is 0.0710 e. The second-order valence-electron chi connectivity index (χ2n) is 4.37. The highest BCUT2D eigenvalue weighted by Gasteiger charge is 2.13. The smallest absolute Gasteiger partial charge is 0.0710 e. The Morgan fingerprint density at radius 1 is 1.16 bits per heavy atom. The molecule has 0 saturated heterocycles. The molecule has 2 aromatic carbocycles. The van der Waals surface area contributed by atoms with Crippen LogP contribution in [0.1, 0.15) is 29.7 Å². The van der Waals surface area contributed by atoms with E-state index >= 15 is 0 Å². The molecule has 0 amide bonds. The van der Waals surface area contributed by atoms with Gasteiger partial charge in [-0.1, -0.05) is 48.9 Å². The van der Waals surface area contributed by atoms with E-state index in [0.717, 1.165) is 22.0 Å². The Bertz CT molecular complexity index is 555. The number of rotatable bonds is 4. The molecule has 0 aliphatic carbocycles. The molecule has 0 heterocycles. The summed E-state index contributed by atoms with van der Waals surface area (Å²) >= 11 is 9.45. The molecule has 4 heteroatoms. The molecule has 2 nitrogen and oxygen atoms in total. The zero-order chi connectivity index (χ0) is 13.8. The molecule has 0 aliphatic heterocycles. The normalized spacial score (nSPS) is 12.4. The third-order valence-corrected chi connectivity index (χ3v) is 4.38. The van der Waals surface area contributed by atoms with Gasteiger partial charge in [-0.15, -0.1) is 0 Å². The molecule has 0 aromatic heterocycles. The number of benzene rings is 2. The summed E-state index contributed by atoms with van der Waals surface area (Å²) in [7, 11) is 0. The third kappa shape index (κ3) is 3.37. The lowest BCUT2D eigenvalue weighted by atomic mass is 9.98. The molecule has 19 heavy (non-hydrogen) atoms. The van der Waals surface area contributed by atoms with Crippen molar-refractivity contribution in [3.05, 3.63) is 68.7 Å². The average molecular weight is 340 g/mol. The predicted molar refractivity (Wildman–Crippen MR) is 84.1 cm³/mol. The summed E-state index contributed by atoms with van der Waals surface area (Å²) in [5, 5.41) is 0.695. The van der Waals surface area contributed by atoms with Crippen LogP contribution in [0.3, 0.4) is 0 Å². The summed E-state index contributed by atoms with van der Waals surface area (Å²) in [6, 6.07) is 14.3. The monoisotopic (exact) mass is 338 g/mol. The van der Waals surface area contributed by atoms with Gasteiger partial charge >= 0.3 is 0 Å². The van der Waals surface area contributed by atoms with E-state index in [0.29, 0.717) is 5.02 Å². The number of nitrogens with two attached hydrogens (primary N) is 1. The van der Waals surface area contributed by atoms with Gasteiger partial charge in [-0.25, -0.2) is 5.43 Å². The van der Waals surface area contributed by atoms with E-state index in [9.17, 15) is 0 Å². The quantitative estimate of drug-likeness (QED) is 0.646. The molecule has 0 saturated carbocycles. The average Bonchev–Trinajstić information content (AvgIpc) is 2.44. The van der Waals surface area contributed by atoms with Gasteiger partial charge in [0.1, 0.15) is 0 Å². The lowest BCUT2D eigenvalue weighted by molar-refractivity contribution is 0.636. The SMILES string of the molecule is CCc1ccc(C(NN)c2ccc(Cl)c(Br)c2)cc1. The summed E-state index contributed by atoms with van der Waals surface area (Å²) in [6.45, 7) is 2.14. The van der Waals surface area contributed by atoms with E-state index in [1.54, 1.807) is 0 Å². The Hall–Kier alpha value is -0.870. The number of hydrazine groups is 1. The lowest BCUT2D eigenvalue weighted by Crippen LogP contribution is -2.28. The minimum Gasteiger partial charge on any atom is -0.271 e. The first-order valence-corrected chi connectivity index (χ1v) is 7.32. The number of hydrogen-bond acceptors (Lipinski definition) is 2. The van der Waals surface area contributed by atoms with E-state index in [4.69, 9.17) is 17.4 Å². The van der Waals surface area contributed by atoms with E-state index in [1.165, 1.54) is 5.56 Å². The standard InChI is InChI=1S/C15H16BrClN2/c1-2-10-3-5-11(6-4-10)15(19-18)12-7-8-14(17)13(16)9-12/h3-9,15,19H,2,18H2,1H3. The molecular weight excluding hydrogens is 324 g/mol. The van der Waals surface area contributed by atoms with Gasteiger partial charge < -0.3 is 0 Å². The van der Waals surface area contributed by atoms with Crippen molar-refractivity contribution in [1.82, 2.24) is 5.43 Å². The molecule has 2 aromatic rings. The van der Waals surface area contributed by atoms with E-state index in [-0.39, 0.29) is 6.04 Å². The molecule has 0 aliphatic rings. The summed E-state index contributed by atoms with van der Waals surface area (Å²) in [4.78, 5) is 0. The topological polar surface area (TPSA) is 38.0 Å². The zero-order valence-corrected chi connectivity index (χ0v) is 13.0. The molecular formula is C15H16BrClN2. The highest BCUT2D eigenvalue weighted by atomic mass is 79.9. The van der Waals surface area contributed by atoms with Gasteiger partial charge in [-0.3, -0.25) is 5.84 Å². The molecule has 1 atom stereocenters. The largest absolute Gasteiger partial charge is 0.271 e. The summed E-state index contributed by atoms with van der Waals surface area (Å²) in [6.07, 6.45) is 1.04. The van der Waals surface area contributed by atoms with Crippen LogP contribution in [0.2, 0.25) is 5.02 Å². The minimum atomic E-state index is -0.0422. The van der Waals surface area contributed by atoms with Crippen LogP contribution in [-0.4, -0.2) is 0 Å². The molecule has 2 rings (SSSR count). The second-order valence-corrected chi connectivity index (χ2v) is 5.63. The number of hydrogen-bond donors (Lipinski definition) is 2. The summed E-state index contributed by atoms with van der Waals surface area (Å²) in [5.74, 6) is 5.70. The van der Waals surface area contributed by atoms with Crippen LogP contribution in [0, 0.1) is 0 Å². The molecule has 1 unspecified atom stereocenters. The van der Waals surface area contributed by atoms with Gasteiger partial charge in [-0.2, -0.15) is 0 Å². The van der Waals surface area contributed by atoms with Gasteiger partial charge in [0.05, 0.1) is 11.1 Å². The van der Waals surface area contributed by atoms with Crippen LogP contribution in [0.25, 0.3) is 0 Å². The summed E-state index contributed by atoms with van der Waals surface area (Å²) in [5.41, 5.74) is 6.38. The van der Waals surface area contributed by atoms with Crippen molar-refractivity contribution >= 4 is 27.5 Å². The van der Waals surface area contributed by atoms with Crippen LogP contribution in [0.5, 0.6) is 0 Å². The molecule has 3 N–H and O–H groups in total. The Kier molecular flexibility index (Phi) is 4.99. The van der Waals surface area contributed by atoms with Crippen molar-refractivity contribution in [3.8, 4) is 0 Å². The van der Waals surface area contributed by atoms with E-state index < -0.39 is 0 Å². The van der Waals surface area contributed by atoms with Crippen LogP contribution < -0.4 is 11.3 Å². The van der Waals surface area contributed by atoms with Gasteiger partial charge in [0.25, 0.3) is 0 Å². The first kappa shape index (κ1) is 14.5. The Labute approximate surface area is 127 Å².